The van der Waals surface area contributed by atoms with Crippen molar-refractivity contribution in [2.75, 3.05) is 0 Å². The first kappa shape index (κ1) is 23.8. The molecule has 0 aliphatic heterocycles. The van der Waals surface area contributed by atoms with Crippen LogP contribution >= 0.6 is 24.4 Å². The molecule has 134 valence electrons. The molecule has 0 nitrogen and oxygen atoms in total. The summed E-state index contributed by atoms with van der Waals surface area (Å²) < 4.78 is 0. The van der Waals surface area contributed by atoms with Crippen LogP contribution < -0.4 is 0 Å². The van der Waals surface area contributed by atoms with Crippen molar-refractivity contribution >= 4 is 55.5 Å². The van der Waals surface area contributed by atoms with E-state index in [2.05, 4.69) is 124 Å². The Morgan fingerprint density at radius 1 is 0.731 bits per heavy atom. The van der Waals surface area contributed by atoms with Gasteiger partial charge in [0, 0.05) is 9.52 Å². The summed E-state index contributed by atoms with van der Waals surface area (Å²) in [5.74, 6) is 0. The molecule has 4 rings (SSSR count). The van der Waals surface area contributed by atoms with Gasteiger partial charge in [-0.05, 0) is 0 Å². The molecular weight excluding hydrogens is 543 g/mol. The van der Waals surface area contributed by atoms with Crippen LogP contribution in [0.5, 0.6) is 0 Å². The quantitative estimate of drug-likeness (QED) is 0.148. The standard InChI is InChI=1S/2C10H9.C2H6Si.2BrH.Zr/c2*1-8-6-9-4-2-3-5-10(9)7-8;1-3-2;;;/h2*2-7H,1H3;1-2H3;2*1H;/q2*-1;;;;+4/p-2. The zero-order valence-electron chi connectivity index (χ0n) is 15.7. The summed E-state index contributed by atoms with van der Waals surface area (Å²) in [4.78, 5) is 0. The van der Waals surface area contributed by atoms with Gasteiger partial charge in [0.1, 0.15) is 0 Å². The Kier molecular flexibility index (Phi) is 12.6. The third-order valence-electron chi connectivity index (χ3n) is 3.52. The van der Waals surface area contributed by atoms with E-state index in [9.17, 15) is 0 Å². The van der Waals surface area contributed by atoms with Gasteiger partial charge in [0.05, 0.1) is 0 Å². The van der Waals surface area contributed by atoms with Gasteiger partial charge in [-0.2, -0.15) is 12.1 Å². The molecular formula is C22H24Br2SiZr. The summed E-state index contributed by atoms with van der Waals surface area (Å²) in [5, 5.41) is 5.39. The molecule has 4 aromatic rings. The zero-order valence-corrected chi connectivity index (χ0v) is 22.3. The van der Waals surface area contributed by atoms with E-state index in [1.807, 2.05) is 0 Å². The van der Waals surface area contributed by atoms with E-state index < -0.39 is 0 Å². The molecule has 0 amide bonds. The molecule has 0 aromatic heterocycles. The fourth-order valence-electron chi connectivity index (χ4n) is 2.61. The number of halogens is 2. The summed E-state index contributed by atoms with van der Waals surface area (Å²) in [6, 6.07) is 25.7. The van der Waals surface area contributed by atoms with Gasteiger partial charge in [-0.1, -0.05) is 39.1 Å². The van der Waals surface area contributed by atoms with Crippen LogP contribution in [0.4, 0.5) is 0 Å². The number of rotatable bonds is 0. The minimum atomic E-state index is -0.145. The van der Waals surface area contributed by atoms with Crippen LogP contribution in [-0.2, 0) is 18.5 Å². The van der Waals surface area contributed by atoms with Gasteiger partial charge in [0.2, 0.25) is 0 Å². The second kappa shape index (κ2) is 13.8. The fourth-order valence-corrected chi connectivity index (χ4v) is 2.61. The Balaban J connectivity index is 0.000000201. The molecule has 0 unspecified atom stereocenters. The van der Waals surface area contributed by atoms with Crippen LogP contribution in [0.3, 0.4) is 0 Å². The predicted octanol–water partition coefficient (Wildman–Crippen LogP) is 8.21. The van der Waals surface area contributed by atoms with Crippen molar-refractivity contribution in [3.63, 3.8) is 0 Å². The first-order valence-corrected chi connectivity index (χ1v) is 21.6. The van der Waals surface area contributed by atoms with Crippen LogP contribution in [0.25, 0.3) is 21.5 Å². The van der Waals surface area contributed by atoms with Gasteiger partial charge in [-0.15, -0.1) is 81.2 Å². The van der Waals surface area contributed by atoms with Crippen molar-refractivity contribution in [2.45, 2.75) is 26.9 Å². The van der Waals surface area contributed by atoms with E-state index in [1.54, 1.807) is 0 Å². The zero-order chi connectivity index (χ0) is 19.4. The van der Waals surface area contributed by atoms with Gasteiger partial charge in [-0.25, -0.2) is 0 Å². The van der Waals surface area contributed by atoms with Gasteiger partial charge in [-0.3, -0.25) is 0 Å². The van der Waals surface area contributed by atoms with E-state index in [-0.39, 0.29) is 18.5 Å². The average Bonchev–Trinajstić information content (AvgIpc) is 3.17. The number of hydrogen-bond acceptors (Lipinski definition) is 0. The summed E-state index contributed by atoms with van der Waals surface area (Å²) in [6.45, 7) is 8.56. The molecule has 2 radical (unpaired) electrons. The van der Waals surface area contributed by atoms with Crippen LogP contribution in [-0.4, -0.2) is 9.52 Å². The Hall–Kier alpha value is -0.280. The molecule has 0 saturated heterocycles. The van der Waals surface area contributed by atoms with Crippen LogP contribution in [0, 0.1) is 13.8 Å². The summed E-state index contributed by atoms with van der Waals surface area (Å²) in [5.41, 5.74) is 2.70. The van der Waals surface area contributed by atoms with Gasteiger partial charge < -0.3 is 0 Å². The van der Waals surface area contributed by atoms with E-state index >= 15 is 0 Å². The average molecular weight is 568 g/mol. The third kappa shape index (κ3) is 8.61. The second-order valence-electron chi connectivity index (χ2n) is 5.89. The summed E-state index contributed by atoms with van der Waals surface area (Å²) in [6.07, 6.45) is 0. The van der Waals surface area contributed by atoms with Crippen LogP contribution in [0.2, 0.25) is 13.1 Å². The summed E-state index contributed by atoms with van der Waals surface area (Å²) in [7, 11) is 1.08. The third-order valence-corrected chi connectivity index (χ3v) is 3.52. The molecule has 0 aliphatic rings. The monoisotopic (exact) mass is 564 g/mol. The van der Waals surface area contributed by atoms with Crippen molar-refractivity contribution in [1.29, 1.82) is 0 Å². The second-order valence-corrected chi connectivity index (χ2v) is 18.2. The summed E-state index contributed by atoms with van der Waals surface area (Å²) >= 11 is 6.32. The van der Waals surface area contributed by atoms with Crippen molar-refractivity contribution < 1.29 is 18.5 Å². The van der Waals surface area contributed by atoms with Gasteiger partial charge >= 0.3 is 43.0 Å². The molecule has 0 bridgehead atoms. The Morgan fingerprint density at radius 2 is 1.04 bits per heavy atom. The molecule has 0 N–H and O–H groups in total. The predicted molar refractivity (Wildman–Crippen MR) is 124 cm³/mol. The van der Waals surface area contributed by atoms with Crippen molar-refractivity contribution in [3.8, 4) is 0 Å². The Bertz CT molecular complexity index is 740. The fraction of sp³-hybridized carbons (Fsp3) is 0.182. The van der Waals surface area contributed by atoms with Crippen molar-refractivity contribution in [2.24, 2.45) is 0 Å². The van der Waals surface area contributed by atoms with Crippen molar-refractivity contribution in [1.82, 2.24) is 0 Å². The molecule has 4 heteroatoms. The van der Waals surface area contributed by atoms with E-state index in [0.29, 0.717) is 0 Å². The minimum absolute atomic E-state index is 0.145. The molecule has 0 aliphatic carbocycles. The molecule has 0 atom stereocenters. The van der Waals surface area contributed by atoms with Gasteiger partial charge in [0.25, 0.3) is 0 Å². The molecule has 0 spiro atoms. The van der Waals surface area contributed by atoms with E-state index in [1.165, 1.54) is 32.7 Å². The maximum atomic E-state index is 3.23. The first-order chi connectivity index (χ1) is 12.5. The van der Waals surface area contributed by atoms with Crippen molar-refractivity contribution in [3.05, 3.63) is 83.9 Å². The van der Waals surface area contributed by atoms with E-state index in [4.69, 9.17) is 0 Å². The van der Waals surface area contributed by atoms with E-state index in [0.717, 1.165) is 9.52 Å². The molecule has 0 fully saturated rings. The molecule has 0 heterocycles. The van der Waals surface area contributed by atoms with Crippen LogP contribution in [0.15, 0.2) is 72.8 Å². The molecule has 26 heavy (non-hydrogen) atoms. The number of hydrogen-bond donors (Lipinski definition) is 0. The Labute approximate surface area is 183 Å². The molecule has 0 saturated carbocycles. The number of aryl methyl sites for hydroxylation is 2. The maximum absolute atomic E-state index is 3.23. The van der Waals surface area contributed by atoms with Gasteiger partial charge in [0.15, 0.2) is 0 Å². The SMILES string of the molecule is C[Si]C.Cc1cc2ccccc2[cH-]1.Cc1cc2ccccc2[cH-]1.[Br][Zr+2][Br]. The Morgan fingerprint density at radius 3 is 1.35 bits per heavy atom. The number of benzene rings is 2. The molecule has 4 aromatic carbocycles. The van der Waals surface area contributed by atoms with Crippen LogP contribution in [0.1, 0.15) is 11.1 Å². The normalized spacial score (nSPS) is 9.15. The first-order valence-electron chi connectivity index (χ1n) is 8.34. The number of fused-ring (bicyclic) bond motifs is 2. The topological polar surface area (TPSA) is 0 Å².